The fraction of sp³-hybridized carbons (Fsp3) is 0.692. The lowest BCUT2D eigenvalue weighted by atomic mass is 10.3. The van der Waals surface area contributed by atoms with Crippen molar-refractivity contribution in [1.82, 2.24) is 10.2 Å². The Morgan fingerprint density at radius 1 is 1.15 bits per heavy atom. The van der Waals surface area contributed by atoms with Crippen LogP contribution in [0.25, 0.3) is 0 Å². The number of nitrogens with zero attached hydrogens (tertiary/aromatic N) is 3. The number of hydrogen-bond acceptors (Lipinski definition) is 5. The molecular weight excluding hydrogens is 276 g/mol. The van der Waals surface area contributed by atoms with Crippen LogP contribution in [-0.2, 0) is 10.0 Å². The van der Waals surface area contributed by atoms with Crippen molar-refractivity contribution in [2.75, 3.05) is 29.0 Å². The standard InChI is InChI=1S/C13H24N4O2S/c1-4-6-10-17(3)13-9-8-12(14-15-13)16-20(18,19)11-7-5-2/h8-9H,4-7,10-11H2,1-3H3,(H,14,16). The van der Waals surface area contributed by atoms with E-state index in [0.717, 1.165) is 31.6 Å². The Bertz CT molecular complexity index is 488. The second-order valence-electron chi connectivity index (χ2n) is 4.83. The smallest absolute Gasteiger partial charge is 0.233 e. The van der Waals surface area contributed by atoms with Crippen LogP contribution < -0.4 is 9.62 Å². The average molecular weight is 300 g/mol. The van der Waals surface area contributed by atoms with Crippen molar-refractivity contribution in [1.29, 1.82) is 0 Å². The number of unbranched alkanes of at least 4 members (excludes halogenated alkanes) is 2. The van der Waals surface area contributed by atoms with Crippen LogP contribution in [0.5, 0.6) is 0 Å². The van der Waals surface area contributed by atoms with E-state index in [1.807, 2.05) is 18.9 Å². The molecule has 0 unspecified atom stereocenters. The molecule has 1 aromatic heterocycles. The van der Waals surface area contributed by atoms with E-state index in [1.54, 1.807) is 12.1 Å². The van der Waals surface area contributed by atoms with Crippen LogP contribution in [0.1, 0.15) is 39.5 Å². The van der Waals surface area contributed by atoms with Gasteiger partial charge in [0.05, 0.1) is 5.75 Å². The largest absolute Gasteiger partial charge is 0.358 e. The van der Waals surface area contributed by atoms with E-state index in [9.17, 15) is 8.42 Å². The number of nitrogens with one attached hydrogen (secondary N) is 1. The van der Waals surface area contributed by atoms with Gasteiger partial charge in [-0.05, 0) is 25.0 Å². The van der Waals surface area contributed by atoms with Crippen molar-refractivity contribution in [3.8, 4) is 0 Å². The van der Waals surface area contributed by atoms with E-state index < -0.39 is 10.0 Å². The van der Waals surface area contributed by atoms with Crippen molar-refractivity contribution in [2.45, 2.75) is 39.5 Å². The van der Waals surface area contributed by atoms with Crippen LogP contribution in [-0.4, -0.2) is 38.0 Å². The first-order chi connectivity index (χ1) is 9.48. The maximum absolute atomic E-state index is 11.7. The summed E-state index contributed by atoms with van der Waals surface area (Å²) in [7, 11) is -1.36. The van der Waals surface area contributed by atoms with Crippen molar-refractivity contribution in [3.05, 3.63) is 12.1 Å². The molecule has 114 valence electrons. The van der Waals surface area contributed by atoms with Crippen LogP contribution in [0.2, 0.25) is 0 Å². The molecule has 6 nitrogen and oxygen atoms in total. The summed E-state index contributed by atoms with van der Waals surface area (Å²) in [6, 6.07) is 3.43. The number of hydrogen-bond donors (Lipinski definition) is 1. The lowest BCUT2D eigenvalue weighted by Gasteiger charge is -2.17. The summed E-state index contributed by atoms with van der Waals surface area (Å²) < 4.78 is 25.9. The fourth-order valence-electron chi connectivity index (χ4n) is 1.64. The summed E-state index contributed by atoms with van der Waals surface area (Å²) in [5.74, 6) is 1.13. The number of aromatic nitrogens is 2. The van der Waals surface area contributed by atoms with Gasteiger partial charge in [-0.3, -0.25) is 4.72 Å². The summed E-state index contributed by atoms with van der Waals surface area (Å²) >= 11 is 0. The van der Waals surface area contributed by atoms with E-state index in [4.69, 9.17) is 0 Å². The molecular formula is C13H24N4O2S. The summed E-state index contributed by atoms with van der Waals surface area (Å²) in [6.07, 6.45) is 3.69. The van der Waals surface area contributed by atoms with Crippen LogP contribution in [0, 0.1) is 0 Å². The highest BCUT2D eigenvalue weighted by Crippen LogP contribution is 2.12. The van der Waals surface area contributed by atoms with E-state index in [0.29, 0.717) is 6.42 Å². The first-order valence-corrected chi connectivity index (χ1v) is 8.69. The van der Waals surface area contributed by atoms with Gasteiger partial charge in [-0.2, -0.15) is 0 Å². The van der Waals surface area contributed by atoms with Gasteiger partial charge in [0.25, 0.3) is 0 Å². The third kappa shape index (κ3) is 5.73. The molecule has 20 heavy (non-hydrogen) atoms. The Balaban J connectivity index is 2.62. The van der Waals surface area contributed by atoms with Gasteiger partial charge in [-0.1, -0.05) is 26.7 Å². The van der Waals surface area contributed by atoms with E-state index in [1.165, 1.54) is 0 Å². The fourth-order valence-corrected chi connectivity index (χ4v) is 2.84. The highest BCUT2D eigenvalue weighted by molar-refractivity contribution is 7.92. The molecule has 0 aliphatic heterocycles. The predicted octanol–water partition coefficient (Wildman–Crippen LogP) is 2.25. The zero-order valence-electron chi connectivity index (χ0n) is 12.5. The number of sulfonamides is 1. The van der Waals surface area contributed by atoms with Gasteiger partial charge in [-0.15, -0.1) is 10.2 Å². The summed E-state index contributed by atoms with van der Waals surface area (Å²) in [6.45, 7) is 5.00. The minimum Gasteiger partial charge on any atom is -0.358 e. The van der Waals surface area contributed by atoms with Crippen molar-refractivity contribution >= 4 is 21.7 Å². The van der Waals surface area contributed by atoms with Crippen molar-refractivity contribution in [3.63, 3.8) is 0 Å². The first-order valence-electron chi connectivity index (χ1n) is 7.04. The zero-order chi connectivity index (χ0) is 15.0. The zero-order valence-corrected chi connectivity index (χ0v) is 13.3. The normalized spacial score (nSPS) is 11.3. The van der Waals surface area contributed by atoms with E-state index >= 15 is 0 Å². The molecule has 0 radical (unpaired) electrons. The molecule has 7 heteroatoms. The Hall–Kier alpha value is -1.37. The van der Waals surface area contributed by atoms with Crippen LogP contribution >= 0.6 is 0 Å². The van der Waals surface area contributed by atoms with Crippen molar-refractivity contribution < 1.29 is 8.42 Å². The third-order valence-electron chi connectivity index (χ3n) is 2.92. The van der Waals surface area contributed by atoms with E-state index in [-0.39, 0.29) is 11.6 Å². The maximum Gasteiger partial charge on any atom is 0.233 e. The lowest BCUT2D eigenvalue weighted by molar-refractivity contribution is 0.597. The molecule has 0 fully saturated rings. The molecule has 0 atom stereocenters. The van der Waals surface area contributed by atoms with Gasteiger partial charge in [0.2, 0.25) is 10.0 Å². The molecule has 0 saturated heterocycles. The highest BCUT2D eigenvalue weighted by atomic mass is 32.2. The summed E-state index contributed by atoms with van der Waals surface area (Å²) in [5.41, 5.74) is 0. The topological polar surface area (TPSA) is 75.2 Å². The predicted molar refractivity (Wildman–Crippen MR) is 82.5 cm³/mol. The van der Waals surface area contributed by atoms with E-state index in [2.05, 4.69) is 21.8 Å². The Morgan fingerprint density at radius 3 is 2.40 bits per heavy atom. The minimum atomic E-state index is -3.31. The lowest BCUT2D eigenvalue weighted by Crippen LogP contribution is -2.21. The highest BCUT2D eigenvalue weighted by Gasteiger charge is 2.11. The monoisotopic (exact) mass is 300 g/mol. The van der Waals surface area contributed by atoms with Crippen molar-refractivity contribution in [2.24, 2.45) is 0 Å². The molecule has 0 aliphatic rings. The molecule has 0 aromatic carbocycles. The molecule has 1 rings (SSSR count). The molecule has 0 bridgehead atoms. The Kier molecular flexibility index (Phi) is 6.70. The maximum atomic E-state index is 11.7. The number of anilines is 2. The average Bonchev–Trinajstić information content (AvgIpc) is 2.43. The SMILES string of the molecule is CCCCN(C)c1ccc(NS(=O)(=O)CCCC)nn1. The Morgan fingerprint density at radius 2 is 1.85 bits per heavy atom. The van der Waals surface area contributed by atoms with Gasteiger partial charge >= 0.3 is 0 Å². The molecule has 1 N–H and O–H groups in total. The van der Waals surface area contributed by atoms with Gasteiger partial charge in [0.1, 0.15) is 0 Å². The third-order valence-corrected chi connectivity index (χ3v) is 4.26. The molecule has 0 amide bonds. The molecule has 1 heterocycles. The second kappa shape index (κ2) is 8.04. The summed E-state index contributed by atoms with van der Waals surface area (Å²) in [4.78, 5) is 2.01. The number of rotatable bonds is 9. The van der Waals surface area contributed by atoms with Crippen LogP contribution in [0.15, 0.2) is 12.1 Å². The minimum absolute atomic E-state index is 0.114. The molecule has 1 aromatic rings. The van der Waals surface area contributed by atoms with Gasteiger partial charge in [0.15, 0.2) is 11.6 Å². The van der Waals surface area contributed by atoms with Gasteiger partial charge < -0.3 is 4.90 Å². The molecule has 0 aliphatic carbocycles. The van der Waals surface area contributed by atoms with Gasteiger partial charge in [0, 0.05) is 13.6 Å². The summed E-state index contributed by atoms with van der Waals surface area (Å²) in [5, 5.41) is 7.96. The van der Waals surface area contributed by atoms with Crippen LogP contribution in [0.3, 0.4) is 0 Å². The molecule has 0 saturated carbocycles. The molecule has 0 spiro atoms. The Labute approximate surface area is 121 Å². The first kappa shape index (κ1) is 16.7. The van der Waals surface area contributed by atoms with Crippen LogP contribution in [0.4, 0.5) is 11.6 Å². The second-order valence-corrected chi connectivity index (χ2v) is 6.67. The van der Waals surface area contributed by atoms with Gasteiger partial charge in [-0.25, -0.2) is 8.42 Å². The quantitative estimate of drug-likeness (QED) is 0.757.